The Kier molecular flexibility index (Phi) is 3.55. The number of rotatable bonds is 4. The molecule has 1 aliphatic rings. The summed E-state index contributed by atoms with van der Waals surface area (Å²) in [6.07, 6.45) is 4.61. The van der Waals surface area contributed by atoms with E-state index in [1.165, 1.54) is 31.0 Å². The van der Waals surface area contributed by atoms with Crippen molar-refractivity contribution in [2.75, 3.05) is 11.9 Å². The highest BCUT2D eigenvalue weighted by Crippen LogP contribution is 2.37. The van der Waals surface area contributed by atoms with Crippen molar-refractivity contribution in [3.8, 4) is 0 Å². The topological polar surface area (TPSA) is 49.3 Å². The third-order valence-electron chi connectivity index (χ3n) is 3.75. The van der Waals surface area contributed by atoms with Gasteiger partial charge in [-0.25, -0.2) is 9.18 Å². The molecule has 0 radical (unpaired) electrons. The van der Waals surface area contributed by atoms with Gasteiger partial charge in [0.05, 0.1) is 11.3 Å². The van der Waals surface area contributed by atoms with Crippen LogP contribution in [-0.4, -0.2) is 17.6 Å². The van der Waals surface area contributed by atoms with Gasteiger partial charge in [-0.1, -0.05) is 25.8 Å². The van der Waals surface area contributed by atoms with Crippen LogP contribution in [-0.2, 0) is 0 Å². The quantitative estimate of drug-likeness (QED) is 0.860. The summed E-state index contributed by atoms with van der Waals surface area (Å²) in [5.74, 6) is -1.61. The van der Waals surface area contributed by atoms with E-state index in [-0.39, 0.29) is 16.7 Å². The zero-order chi connectivity index (χ0) is 13.2. The molecule has 1 fully saturated rings. The first-order chi connectivity index (χ1) is 8.52. The van der Waals surface area contributed by atoms with Crippen LogP contribution in [0.5, 0.6) is 0 Å². The minimum absolute atomic E-state index is 0.00315. The molecule has 2 rings (SSSR count). The predicted octanol–water partition coefficient (Wildman–Crippen LogP) is 3.52. The maximum Gasteiger partial charge on any atom is 0.337 e. The molecule has 98 valence electrons. The highest BCUT2D eigenvalue weighted by atomic mass is 19.1. The normalized spacial score (nSPS) is 17.7. The molecule has 0 aliphatic heterocycles. The average Bonchev–Trinajstić information content (AvgIpc) is 2.74. The molecular weight excluding hydrogens is 233 g/mol. The van der Waals surface area contributed by atoms with E-state index in [0.29, 0.717) is 6.54 Å². The smallest absolute Gasteiger partial charge is 0.337 e. The van der Waals surface area contributed by atoms with Crippen LogP contribution in [0.1, 0.15) is 43.0 Å². The van der Waals surface area contributed by atoms with Gasteiger partial charge in [-0.05, 0) is 30.4 Å². The molecular formula is C14H18FNO2. The Balaban J connectivity index is 2.15. The first-order valence-electron chi connectivity index (χ1n) is 6.27. The van der Waals surface area contributed by atoms with Crippen LogP contribution in [0.2, 0.25) is 0 Å². The van der Waals surface area contributed by atoms with Crippen molar-refractivity contribution in [3.63, 3.8) is 0 Å². The van der Waals surface area contributed by atoms with Crippen LogP contribution in [0, 0.1) is 11.2 Å². The fourth-order valence-electron chi connectivity index (χ4n) is 2.59. The Bertz CT molecular complexity index is 453. The summed E-state index contributed by atoms with van der Waals surface area (Å²) in [6.45, 7) is 2.78. The van der Waals surface area contributed by atoms with E-state index in [1.807, 2.05) is 0 Å². The average molecular weight is 251 g/mol. The lowest BCUT2D eigenvalue weighted by atomic mass is 9.89. The van der Waals surface area contributed by atoms with Crippen LogP contribution in [0.4, 0.5) is 10.1 Å². The van der Waals surface area contributed by atoms with Crippen molar-refractivity contribution in [2.45, 2.75) is 32.6 Å². The molecule has 1 aromatic carbocycles. The summed E-state index contributed by atoms with van der Waals surface area (Å²) in [6, 6.07) is 4.12. The monoisotopic (exact) mass is 251 g/mol. The summed E-state index contributed by atoms with van der Waals surface area (Å²) in [7, 11) is 0. The van der Waals surface area contributed by atoms with Crippen LogP contribution in [0.15, 0.2) is 18.2 Å². The van der Waals surface area contributed by atoms with E-state index in [2.05, 4.69) is 12.2 Å². The molecule has 0 saturated heterocycles. The first kappa shape index (κ1) is 12.9. The molecule has 4 heteroatoms. The second-order valence-electron chi connectivity index (χ2n) is 5.34. The second-order valence-corrected chi connectivity index (χ2v) is 5.34. The highest BCUT2D eigenvalue weighted by molar-refractivity contribution is 5.94. The molecule has 2 N–H and O–H groups in total. The second kappa shape index (κ2) is 4.96. The van der Waals surface area contributed by atoms with Gasteiger partial charge in [0.15, 0.2) is 0 Å². The van der Waals surface area contributed by atoms with Crippen molar-refractivity contribution in [2.24, 2.45) is 5.41 Å². The molecule has 0 bridgehead atoms. The largest absolute Gasteiger partial charge is 0.478 e. The van der Waals surface area contributed by atoms with Gasteiger partial charge >= 0.3 is 5.97 Å². The number of carboxylic acid groups (broad SMARTS) is 1. The predicted molar refractivity (Wildman–Crippen MR) is 68.4 cm³/mol. The first-order valence-corrected chi connectivity index (χ1v) is 6.27. The van der Waals surface area contributed by atoms with Crippen molar-refractivity contribution in [1.29, 1.82) is 0 Å². The van der Waals surface area contributed by atoms with Crippen LogP contribution in [0.3, 0.4) is 0 Å². The number of halogens is 1. The SMILES string of the molecule is CC1(CNc2c(F)cccc2C(=O)O)CCCC1. The van der Waals surface area contributed by atoms with E-state index in [4.69, 9.17) is 5.11 Å². The number of nitrogens with one attached hydrogen (secondary N) is 1. The number of anilines is 1. The zero-order valence-electron chi connectivity index (χ0n) is 10.5. The van der Waals surface area contributed by atoms with Crippen LogP contribution in [0.25, 0.3) is 0 Å². The van der Waals surface area contributed by atoms with Crippen LogP contribution >= 0.6 is 0 Å². The highest BCUT2D eigenvalue weighted by Gasteiger charge is 2.29. The van der Waals surface area contributed by atoms with Crippen LogP contribution < -0.4 is 5.32 Å². The number of hydrogen-bond donors (Lipinski definition) is 2. The van der Waals surface area contributed by atoms with Crippen molar-refractivity contribution >= 4 is 11.7 Å². The minimum Gasteiger partial charge on any atom is -0.478 e. The van der Waals surface area contributed by atoms with E-state index in [9.17, 15) is 9.18 Å². The molecule has 1 saturated carbocycles. The zero-order valence-corrected chi connectivity index (χ0v) is 10.5. The Labute approximate surface area is 106 Å². The molecule has 0 unspecified atom stereocenters. The number of carboxylic acids is 1. The van der Waals surface area contributed by atoms with Crippen molar-refractivity contribution in [1.82, 2.24) is 0 Å². The molecule has 18 heavy (non-hydrogen) atoms. The van der Waals surface area contributed by atoms with E-state index >= 15 is 0 Å². The molecule has 1 aliphatic carbocycles. The number of para-hydroxylation sites is 1. The number of hydrogen-bond acceptors (Lipinski definition) is 2. The molecule has 0 spiro atoms. The van der Waals surface area contributed by atoms with E-state index in [0.717, 1.165) is 12.8 Å². The Morgan fingerprint density at radius 3 is 2.72 bits per heavy atom. The maximum atomic E-state index is 13.7. The molecule has 1 aromatic rings. The lowest BCUT2D eigenvalue weighted by Crippen LogP contribution is -2.24. The Morgan fingerprint density at radius 2 is 2.11 bits per heavy atom. The van der Waals surface area contributed by atoms with Gasteiger partial charge in [0, 0.05) is 6.54 Å². The number of carbonyl (C=O) groups is 1. The summed E-state index contributed by atoms with van der Waals surface area (Å²) < 4.78 is 13.7. The fourth-order valence-corrected chi connectivity index (χ4v) is 2.59. The van der Waals surface area contributed by atoms with Crippen molar-refractivity contribution in [3.05, 3.63) is 29.6 Å². The molecule has 0 atom stereocenters. The van der Waals surface area contributed by atoms with E-state index in [1.54, 1.807) is 0 Å². The molecule has 0 heterocycles. The maximum absolute atomic E-state index is 13.7. The summed E-state index contributed by atoms with van der Waals surface area (Å²) in [4.78, 5) is 11.0. The molecule has 0 aromatic heterocycles. The summed E-state index contributed by atoms with van der Waals surface area (Å²) in [5, 5.41) is 12.0. The molecule has 3 nitrogen and oxygen atoms in total. The number of benzene rings is 1. The van der Waals surface area contributed by atoms with Crippen molar-refractivity contribution < 1.29 is 14.3 Å². The third kappa shape index (κ3) is 2.63. The summed E-state index contributed by atoms with van der Waals surface area (Å²) in [5.41, 5.74) is 0.257. The molecule has 0 amide bonds. The lowest BCUT2D eigenvalue weighted by molar-refractivity contribution is 0.0697. The van der Waals surface area contributed by atoms with Gasteiger partial charge in [-0.2, -0.15) is 0 Å². The summed E-state index contributed by atoms with van der Waals surface area (Å²) >= 11 is 0. The Morgan fingerprint density at radius 1 is 1.44 bits per heavy atom. The van der Waals surface area contributed by atoms with Gasteiger partial charge in [0.1, 0.15) is 5.82 Å². The number of aromatic carboxylic acids is 1. The fraction of sp³-hybridized carbons (Fsp3) is 0.500. The van der Waals surface area contributed by atoms with E-state index < -0.39 is 11.8 Å². The van der Waals surface area contributed by atoms with Gasteiger partial charge in [0.2, 0.25) is 0 Å². The third-order valence-corrected chi connectivity index (χ3v) is 3.75. The Hall–Kier alpha value is -1.58. The lowest BCUT2D eigenvalue weighted by Gasteiger charge is -2.25. The minimum atomic E-state index is -1.10. The van der Waals surface area contributed by atoms with Gasteiger partial charge in [-0.15, -0.1) is 0 Å². The van der Waals surface area contributed by atoms with Gasteiger partial charge in [-0.3, -0.25) is 0 Å². The van der Waals surface area contributed by atoms with Gasteiger partial charge in [0.25, 0.3) is 0 Å². The van der Waals surface area contributed by atoms with Gasteiger partial charge < -0.3 is 10.4 Å². The standard InChI is InChI=1S/C14H18FNO2/c1-14(7-2-3-8-14)9-16-12-10(13(17)18)5-4-6-11(12)15/h4-6,16H,2-3,7-9H2,1H3,(H,17,18).